The number of benzene rings is 1. The van der Waals surface area contributed by atoms with E-state index in [1.807, 2.05) is 0 Å². The van der Waals surface area contributed by atoms with Gasteiger partial charge in [-0.05, 0) is 18.6 Å². The van der Waals surface area contributed by atoms with Crippen molar-refractivity contribution in [2.45, 2.75) is 25.3 Å². The Kier molecular flexibility index (Phi) is 3.45. The van der Waals surface area contributed by atoms with Crippen molar-refractivity contribution in [2.24, 2.45) is 5.73 Å². The highest BCUT2D eigenvalue weighted by Crippen LogP contribution is 2.26. The van der Waals surface area contributed by atoms with Crippen LogP contribution in [0.3, 0.4) is 0 Å². The molecule has 4 heteroatoms. The summed E-state index contributed by atoms with van der Waals surface area (Å²) in [5.41, 5.74) is 5.60. The van der Waals surface area contributed by atoms with E-state index in [0.717, 1.165) is 0 Å². The summed E-state index contributed by atoms with van der Waals surface area (Å²) in [6.45, 7) is 1.29. The highest BCUT2D eigenvalue weighted by Gasteiger charge is 2.34. The van der Waals surface area contributed by atoms with Crippen LogP contribution in [0.2, 0.25) is 5.02 Å². The third-order valence-electron chi connectivity index (χ3n) is 2.05. The molecule has 0 spiro atoms. The van der Waals surface area contributed by atoms with Crippen LogP contribution in [0.25, 0.3) is 0 Å². The standard InChI is InChI=1S/C10H12ClF2N/c1-7(14)10(12,13)6-8-4-2-3-5-9(8)11/h2-5,7H,6,14H2,1H3. The molecule has 0 radical (unpaired) electrons. The van der Waals surface area contributed by atoms with Crippen molar-refractivity contribution in [3.63, 3.8) is 0 Å². The monoisotopic (exact) mass is 219 g/mol. The van der Waals surface area contributed by atoms with Crippen molar-refractivity contribution in [1.82, 2.24) is 0 Å². The average Bonchev–Trinajstić information content (AvgIpc) is 2.08. The van der Waals surface area contributed by atoms with Gasteiger partial charge in [-0.15, -0.1) is 0 Å². The molecule has 2 N–H and O–H groups in total. The fourth-order valence-corrected chi connectivity index (χ4v) is 1.26. The van der Waals surface area contributed by atoms with Crippen LogP contribution in [-0.2, 0) is 6.42 Å². The van der Waals surface area contributed by atoms with Crippen LogP contribution >= 0.6 is 11.6 Å². The largest absolute Gasteiger partial charge is 0.323 e. The lowest BCUT2D eigenvalue weighted by atomic mass is 10.0. The van der Waals surface area contributed by atoms with Crippen molar-refractivity contribution in [1.29, 1.82) is 0 Å². The van der Waals surface area contributed by atoms with E-state index in [-0.39, 0.29) is 0 Å². The van der Waals surface area contributed by atoms with Crippen molar-refractivity contribution < 1.29 is 8.78 Å². The molecule has 1 atom stereocenters. The maximum absolute atomic E-state index is 13.2. The predicted octanol–water partition coefficient (Wildman–Crippen LogP) is 2.87. The number of nitrogens with two attached hydrogens (primary N) is 1. The summed E-state index contributed by atoms with van der Waals surface area (Å²) in [4.78, 5) is 0. The second-order valence-electron chi connectivity index (χ2n) is 3.32. The van der Waals surface area contributed by atoms with Crippen LogP contribution in [0.15, 0.2) is 24.3 Å². The third kappa shape index (κ3) is 2.66. The molecule has 0 saturated heterocycles. The van der Waals surface area contributed by atoms with E-state index in [4.69, 9.17) is 17.3 Å². The summed E-state index contributed by atoms with van der Waals surface area (Å²) in [6, 6.07) is 5.39. The fourth-order valence-electron chi connectivity index (χ4n) is 1.06. The second kappa shape index (κ2) is 4.24. The fraction of sp³-hybridized carbons (Fsp3) is 0.400. The molecule has 0 saturated carbocycles. The first kappa shape index (κ1) is 11.4. The van der Waals surface area contributed by atoms with E-state index in [2.05, 4.69) is 0 Å². The van der Waals surface area contributed by atoms with Crippen LogP contribution in [-0.4, -0.2) is 12.0 Å². The van der Waals surface area contributed by atoms with Gasteiger partial charge in [0, 0.05) is 11.4 Å². The molecule has 1 rings (SSSR count). The maximum Gasteiger partial charge on any atom is 0.266 e. The molecule has 1 nitrogen and oxygen atoms in total. The van der Waals surface area contributed by atoms with E-state index in [1.54, 1.807) is 24.3 Å². The van der Waals surface area contributed by atoms with Crippen molar-refractivity contribution in [2.75, 3.05) is 0 Å². The molecule has 0 bridgehead atoms. The molecule has 0 aromatic heterocycles. The molecule has 0 aliphatic rings. The second-order valence-corrected chi connectivity index (χ2v) is 3.73. The molecule has 1 aromatic carbocycles. The first-order valence-electron chi connectivity index (χ1n) is 4.30. The number of alkyl halides is 2. The molecular weight excluding hydrogens is 208 g/mol. The van der Waals surface area contributed by atoms with E-state index in [9.17, 15) is 8.78 Å². The quantitative estimate of drug-likeness (QED) is 0.831. The van der Waals surface area contributed by atoms with Crippen LogP contribution in [0.5, 0.6) is 0 Å². The van der Waals surface area contributed by atoms with Crippen LogP contribution in [0.4, 0.5) is 8.78 Å². The Labute approximate surface area is 86.9 Å². The van der Waals surface area contributed by atoms with Gasteiger partial charge in [0.2, 0.25) is 0 Å². The first-order chi connectivity index (χ1) is 6.43. The molecule has 0 fully saturated rings. The van der Waals surface area contributed by atoms with Gasteiger partial charge < -0.3 is 5.73 Å². The Balaban J connectivity index is 2.84. The lowest BCUT2D eigenvalue weighted by molar-refractivity contribution is -0.0190. The highest BCUT2D eigenvalue weighted by atomic mass is 35.5. The zero-order valence-corrected chi connectivity index (χ0v) is 8.56. The molecule has 1 unspecified atom stereocenters. The molecule has 0 aliphatic carbocycles. The molecule has 0 amide bonds. The van der Waals surface area contributed by atoms with Crippen LogP contribution < -0.4 is 5.73 Å². The SMILES string of the molecule is CC(N)C(F)(F)Cc1ccccc1Cl. The zero-order valence-electron chi connectivity index (χ0n) is 7.81. The Hall–Kier alpha value is -0.670. The van der Waals surface area contributed by atoms with E-state index in [1.165, 1.54) is 6.92 Å². The summed E-state index contributed by atoms with van der Waals surface area (Å²) in [7, 11) is 0. The van der Waals surface area contributed by atoms with Crippen LogP contribution in [0, 0.1) is 0 Å². The third-order valence-corrected chi connectivity index (χ3v) is 2.42. The lowest BCUT2D eigenvalue weighted by Crippen LogP contribution is -2.40. The molecule has 14 heavy (non-hydrogen) atoms. The average molecular weight is 220 g/mol. The van der Waals surface area contributed by atoms with Gasteiger partial charge in [0.05, 0.1) is 6.04 Å². The molecule has 1 aromatic rings. The summed E-state index contributed by atoms with van der Waals surface area (Å²) in [6.07, 6.45) is -0.412. The number of rotatable bonds is 3. The first-order valence-corrected chi connectivity index (χ1v) is 4.68. The predicted molar refractivity (Wildman–Crippen MR) is 53.8 cm³/mol. The van der Waals surface area contributed by atoms with E-state index < -0.39 is 18.4 Å². The van der Waals surface area contributed by atoms with Gasteiger partial charge in [0.1, 0.15) is 0 Å². The summed E-state index contributed by atoms with van der Waals surface area (Å²) < 4.78 is 26.5. The highest BCUT2D eigenvalue weighted by molar-refractivity contribution is 6.31. The van der Waals surface area contributed by atoms with Crippen molar-refractivity contribution >= 4 is 11.6 Å². The molecule has 78 valence electrons. The minimum Gasteiger partial charge on any atom is -0.323 e. The summed E-state index contributed by atoms with van der Waals surface area (Å²) >= 11 is 5.76. The van der Waals surface area contributed by atoms with E-state index in [0.29, 0.717) is 10.6 Å². The smallest absolute Gasteiger partial charge is 0.266 e. The van der Waals surface area contributed by atoms with Gasteiger partial charge in [-0.25, -0.2) is 8.78 Å². The Morgan fingerprint density at radius 3 is 2.50 bits per heavy atom. The minimum atomic E-state index is -2.91. The maximum atomic E-state index is 13.2. The van der Waals surface area contributed by atoms with Gasteiger partial charge >= 0.3 is 0 Å². The molecule has 0 aliphatic heterocycles. The number of hydrogen-bond acceptors (Lipinski definition) is 1. The topological polar surface area (TPSA) is 26.0 Å². The summed E-state index contributed by atoms with van der Waals surface area (Å²) in [5, 5.41) is 0.354. The Morgan fingerprint density at radius 1 is 1.43 bits per heavy atom. The summed E-state index contributed by atoms with van der Waals surface area (Å²) in [5.74, 6) is -2.91. The lowest BCUT2D eigenvalue weighted by Gasteiger charge is -2.20. The Bertz CT molecular complexity index is 313. The number of hydrogen-bond donors (Lipinski definition) is 1. The minimum absolute atomic E-state index is 0.354. The van der Waals surface area contributed by atoms with Crippen LogP contribution in [0.1, 0.15) is 12.5 Å². The van der Waals surface area contributed by atoms with Crippen molar-refractivity contribution in [3.05, 3.63) is 34.9 Å². The van der Waals surface area contributed by atoms with Gasteiger partial charge in [-0.1, -0.05) is 29.8 Å². The van der Waals surface area contributed by atoms with E-state index >= 15 is 0 Å². The van der Waals surface area contributed by atoms with Crippen molar-refractivity contribution in [3.8, 4) is 0 Å². The molecular formula is C10H12ClF2N. The van der Waals surface area contributed by atoms with Gasteiger partial charge in [0.15, 0.2) is 0 Å². The Morgan fingerprint density at radius 2 is 2.00 bits per heavy atom. The van der Waals surface area contributed by atoms with Gasteiger partial charge in [-0.3, -0.25) is 0 Å². The normalized spacial score (nSPS) is 14.1. The molecule has 0 heterocycles. The zero-order chi connectivity index (χ0) is 10.8. The van der Waals surface area contributed by atoms with Gasteiger partial charge in [0.25, 0.3) is 5.92 Å². The van der Waals surface area contributed by atoms with Gasteiger partial charge in [-0.2, -0.15) is 0 Å². The number of halogens is 3.